The van der Waals surface area contributed by atoms with Gasteiger partial charge in [-0.3, -0.25) is 0 Å². The second kappa shape index (κ2) is 17.1. The van der Waals surface area contributed by atoms with E-state index < -0.39 is 0 Å². The van der Waals surface area contributed by atoms with Crippen molar-refractivity contribution in [1.82, 2.24) is 0 Å². The van der Waals surface area contributed by atoms with Gasteiger partial charge >= 0.3 is 26.2 Å². The number of hydrogen-bond donors (Lipinski definition) is 0. The summed E-state index contributed by atoms with van der Waals surface area (Å²) < 4.78 is 0. The average molecular weight is 298 g/mol. The Hall–Kier alpha value is 0.663. The summed E-state index contributed by atoms with van der Waals surface area (Å²) in [4.78, 5) is 0. The minimum absolute atomic E-state index is 0. The number of rotatable bonds is 0. The van der Waals surface area contributed by atoms with E-state index in [0.717, 1.165) is 26.2 Å². The molecule has 0 atom stereocenters. The zero-order chi connectivity index (χ0) is 8.49. The number of hydrogen-bond acceptors (Lipinski definition) is 0. The van der Waals surface area contributed by atoms with E-state index in [9.17, 15) is 0 Å². The van der Waals surface area contributed by atoms with Gasteiger partial charge < -0.3 is 20.0 Å². The minimum atomic E-state index is 0. The van der Waals surface area contributed by atoms with E-state index in [1.54, 1.807) is 0 Å². The second-order valence-corrected chi connectivity index (χ2v) is 3.46. The van der Waals surface area contributed by atoms with Gasteiger partial charge in [-0.25, -0.2) is 0 Å². The van der Waals surface area contributed by atoms with Gasteiger partial charge in [0.05, 0.1) is 0 Å². The van der Waals surface area contributed by atoms with Gasteiger partial charge in [-0.15, -0.1) is 26.2 Å². The molecule has 0 aromatic heterocycles. The molecule has 0 saturated carbocycles. The summed E-state index contributed by atoms with van der Waals surface area (Å²) >= 11 is 0. The number of halogens is 2. The third-order valence-corrected chi connectivity index (χ3v) is 2.26. The molecule has 5 heteroatoms. The minimum Gasteiger partial charge on any atom is -1.00 e. The van der Waals surface area contributed by atoms with Crippen LogP contribution in [0.15, 0.2) is 0 Å². The molecule has 0 unspecified atom stereocenters. The molecular weight excluding hydrogens is 277 g/mol. The second-order valence-electron chi connectivity index (χ2n) is 3.46. The van der Waals surface area contributed by atoms with Crippen molar-refractivity contribution in [3.8, 4) is 0 Å². The Bertz CT molecular complexity index is 64.4. The Morgan fingerprint density at radius 3 is 0.800 bits per heavy atom. The molecule has 0 aliphatic carbocycles. The van der Waals surface area contributed by atoms with Gasteiger partial charge in [0, 0.05) is 0 Å². The maximum atomic E-state index is 4.18. The fourth-order valence-electron chi connectivity index (χ4n) is 1.47. The third-order valence-electron chi connectivity index (χ3n) is 2.26. The van der Waals surface area contributed by atoms with Crippen LogP contribution in [0.25, 0.3) is 10.6 Å². The van der Waals surface area contributed by atoms with Gasteiger partial charge in [0.25, 0.3) is 0 Å². The summed E-state index contributed by atoms with van der Waals surface area (Å²) in [6.45, 7) is 4.50. The van der Waals surface area contributed by atoms with Crippen molar-refractivity contribution >= 4 is 0 Å². The Kier molecular flexibility index (Phi) is 23.9. The van der Waals surface area contributed by atoms with Crippen LogP contribution in [-0.4, -0.2) is 26.2 Å². The Balaban J connectivity index is -0.000000160. The standard InChI is InChI=1S/2C5H10N.2FH.Zr/c2*1-2-4-6-5-3-1;;;/h2*1-5H2;2*1H;/q2*-1;;;+4/p-2. The number of nitrogens with zero attached hydrogens (tertiary/aromatic N) is 2. The molecule has 2 aliphatic rings. The van der Waals surface area contributed by atoms with E-state index in [1.165, 1.54) is 38.5 Å². The smallest absolute Gasteiger partial charge is 1.00 e. The Morgan fingerprint density at radius 1 is 0.467 bits per heavy atom. The third kappa shape index (κ3) is 14.7. The molecule has 2 rings (SSSR count). The van der Waals surface area contributed by atoms with Crippen molar-refractivity contribution in [1.29, 1.82) is 0 Å². The van der Waals surface area contributed by atoms with Crippen LogP contribution in [0.1, 0.15) is 38.5 Å². The molecule has 88 valence electrons. The van der Waals surface area contributed by atoms with Crippen molar-refractivity contribution in [2.75, 3.05) is 26.2 Å². The van der Waals surface area contributed by atoms with Gasteiger partial charge in [-0.2, -0.15) is 0 Å². The molecule has 0 spiro atoms. The molecule has 15 heavy (non-hydrogen) atoms. The molecule has 2 nitrogen and oxygen atoms in total. The van der Waals surface area contributed by atoms with Gasteiger partial charge in [0.1, 0.15) is 0 Å². The first-order valence-electron chi connectivity index (χ1n) is 5.26. The van der Waals surface area contributed by atoms with Gasteiger partial charge in [0.2, 0.25) is 0 Å². The van der Waals surface area contributed by atoms with Crippen LogP contribution in [0.5, 0.6) is 0 Å². The average Bonchev–Trinajstić information content (AvgIpc) is 2.24. The summed E-state index contributed by atoms with van der Waals surface area (Å²) in [6, 6.07) is 0. The molecule has 0 radical (unpaired) electrons. The topological polar surface area (TPSA) is 28.2 Å². The van der Waals surface area contributed by atoms with Gasteiger partial charge in [0.15, 0.2) is 0 Å². The maximum Gasteiger partial charge on any atom is 4.00 e. The molecule has 2 heterocycles. The monoisotopic (exact) mass is 296 g/mol. The van der Waals surface area contributed by atoms with Crippen molar-refractivity contribution in [2.45, 2.75) is 38.5 Å². The predicted octanol–water partition coefficient (Wildman–Crippen LogP) is -2.91. The van der Waals surface area contributed by atoms with Crippen molar-refractivity contribution in [2.24, 2.45) is 0 Å². The van der Waals surface area contributed by atoms with E-state index in [1.807, 2.05) is 0 Å². The van der Waals surface area contributed by atoms with Crippen LogP contribution in [0.4, 0.5) is 0 Å². The van der Waals surface area contributed by atoms with Crippen LogP contribution in [-0.2, 0) is 26.2 Å². The largest absolute Gasteiger partial charge is 4.00 e. The van der Waals surface area contributed by atoms with Crippen molar-refractivity contribution in [3.63, 3.8) is 0 Å². The quantitative estimate of drug-likeness (QED) is 0.459. The van der Waals surface area contributed by atoms with E-state index in [2.05, 4.69) is 10.6 Å². The molecule has 2 aliphatic heterocycles. The zero-order valence-electron chi connectivity index (χ0n) is 9.22. The SMILES string of the molecule is C1CC[N-]CC1.C1CC[N-]CC1.[F-].[F-].[Zr+4]. The van der Waals surface area contributed by atoms with Crippen LogP contribution in [0.3, 0.4) is 0 Å². The number of piperidine rings is 2. The zero-order valence-corrected chi connectivity index (χ0v) is 11.7. The van der Waals surface area contributed by atoms with E-state index in [-0.39, 0.29) is 35.6 Å². The van der Waals surface area contributed by atoms with Crippen LogP contribution >= 0.6 is 0 Å². The summed E-state index contributed by atoms with van der Waals surface area (Å²) in [5.41, 5.74) is 0. The fraction of sp³-hybridized carbons (Fsp3) is 1.00. The normalized spacial score (nSPS) is 19.2. The van der Waals surface area contributed by atoms with E-state index >= 15 is 0 Å². The van der Waals surface area contributed by atoms with Crippen LogP contribution in [0, 0.1) is 0 Å². The van der Waals surface area contributed by atoms with Crippen molar-refractivity contribution < 1.29 is 35.6 Å². The van der Waals surface area contributed by atoms with E-state index in [0.29, 0.717) is 0 Å². The summed E-state index contributed by atoms with van der Waals surface area (Å²) in [5, 5.41) is 8.35. The Labute approximate surface area is 111 Å². The summed E-state index contributed by atoms with van der Waals surface area (Å²) in [6.07, 6.45) is 8.15. The predicted molar refractivity (Wildman–Crippen MR) is 53.9 cm³/mol. The fourth-order valence-corrected chi connectivity index (χ4v) is 1.47. The molecule has 2 fully saturated rings. The first kappa shape index (κ1) is 21.0. The molecular formula is C10H20F2N2Zr. The molecule has 0 aromatic carbocycles. The van der Waals surface area contributed by atoms with Gasteiger partial charge in [-0.05, 0) is 0 Å². The maximum absolute atomic E-state index is 4.18. The van der Waals surface area contributed by atoms with Crippen LogP contribution < -0.4 is 9.41 Å². The molecule has 0 amide bonds. The molecule has 0 aromatic rings. The Morgan fingerprint density at radius 2 is 0.733 bits per heavy atom. The first-order chi connectivity index (χ1) is 6.00. The molecule has 0 N–H and O–H groups in total. The van der Waals surface area contributed by atoms with Gasteiger partial charge in [-0.1, -0.05) is 38.5 Å². The molecule has 2 saturated heterocycles. The summed E-state index contributed by atoms with van der Waals surface area (Å²) in [7, 11) is 0. The first-order valence-corrected chi connectivity index (χ1v) is 5.26. The van der Waals surface area contributed by atoms with Crippen molar-refractivity contribution in [3.05, 3.63) is 10.6 Å². The van der Waals surface area contributed by atoms with Crippen LogP contribution in [0.2, 0.25) is 0 Å². The van der Waals surface area contributed by atoms with E-state index in [4.69, 9.17) is 0 Å². The summed E-state index contributed by atoms with van der Waals surface area (Å²) in [5.74, 6) is 0. The molecule has 0 bridgehead atoms.